The molecule has 0 unspecified atom stereocenters. The first-order valence-electron chi connectivity index (χ1n) is 10.0. The highest BCUT2D eigenvalue weighted by molar-refractivity contribution is 6.31. The van der Waals surface area contributed by atoms with Gasteiger partial charge in [-0.15, -0.1) is 0 Å². The van der Waals surface area contributed by atoms with E-state index in [0.717, 1.165) is 80.4 Å². The van der Waals surface area contributed by atoms with E-state index in [9.17, 15) is 4.79 Å². The molecule has 0 bridgehead atoms. The highest BCUT2D eigenvalue weighted by Crippen LogP contribution is 2.40. The van der Waals surface area contributed by atoms with Crippen molar-refractivity contribution in [3.05, 3.63) is 28.8 Å². The SMILES string of the molecule is O=C(CN1CCC2(CC1)Nc1cc(Cl)ccc1C1=NCCCN12)NC1CC1. The van der Waals surface area contributed by atoms with E-state index in [2.05, 4.69) is 26.5 Å². The fourth-order valence-electron chi connectivity index (χ4n) is 4.57. The number of rotatable bonds is 3. The van der Waals surface area contributed by atoms with E-state index in [1.807, 2.05) is 12.1 Å². The van der Waals surface area contributed by atoms with Crippen LogP contribution in [0.3, 0.4) is 0 Å². The monoisotopic (exact) mass is 387 g/mol. The lowest BCUT2D eigenvalue weighted by molar-refractivity contribution is -0.122. The molecule has 2 N–H and O–H groups in total. The standard InChI is InChI=1S/C20H26ClN5O/c21-14-2-5-16-17(12-14)24-20(26-9-1-8-22-19(16)26)6-10-25(11-7-20)13-18(27)23-15-3-4-15/h2,5,12,15,24H,1,3-4,6-11,13H2,(H,23,27). The maximum atomic E-state index is 12.1. The first-order valence-corrected chi connectivity index (χ1v) is 10.4. The number of anilines is 1. The van der Waals surface area contributed by atoms with E-state index in [4.69, 9.17) is 16.6 Å². The fourth-order valence-corrected chi connectivity index (χ4v) is 4.74. The highest BCUT2D eigenvalue weighted by Gasteiger charge is 2.46. The molecule has 4 aliphatic rings. The zero-order valence-corrected chi connectivity index (χ0v) is 16.3. The van der Waals surface area contributed by atoms with Gasteiger partial charge in [-0.05, 0) is 37.5 Å². The topological polar surface area (TPSA) is 60.0 Å². The lowest BCUT2D eigenvalue weighted by Crippen LogP contribution is -2.65. The van der Waals surface area contributed by atoms with Crippen LogP contribution in [0.2, 0.25) is 5.02 Å². The van der Waals surface area contributed by atoms with Crippen molar-refractivity contribution in [1.82, 2.24) is 15.1 Å². The summed E-state index contributed by atoms with van der Waals surface area (Å²) < 4.78 is 0. The number of likely N-dealkylation sites (tertiary alicyclic amines) is 1. The van der Waals surface area contributed by atoms with Crippen molar-refractivity contribution in [2.24, 2.45) is 4.99 Å². The Morgan fingerprint density at radius 3 is 2.89 bits per heavy atom. The summed E-state index contributed by atoms with van der Waals surface area (Å²) in [4.78, 5) is 21.8. The number of hydrogen-bond acceptors (Lipinski definition) is 5. The van der Waals surface area contributed by atoms with Crippen LogP contribution in [0.15, 0.2) is 23.2 Å². The van der Waals surface area contributed by atoms with E-state index in [-0.39, 0.29) is 11.6 Å². The molecule has 7 heteroatoms. The molecule has 144 valence electrons. The molecule has 1 saturated carbocycles. The van der Waals surface area contributed by atoms with Gasteiger partial charge in [0.15, 0.2) is 0 Å². The second-order valence-corrected chi connectivity index (χ2v) is 8.61. The molecule has 2 fully saturated rings. The summed E-state index contributed by atoms with van der Waals surface area (Å²) in [5.41, 5.74) is 2.11. The van der Waals surface area contributed by atoms with Crippen molar-refractivity contribution in [2.45, 2.75) is 43.8 Å². The minimum atomic E-state index is -0.125. The second kappa shape index (κ2) is 6.67. The minimum absolute atomic E-state index is 0.125. The van der Waals surface area contributed by atoms with Crippen LogP contribution in [0.1, 0.15) is 37.7 Å². The average molecular weight is 388 g/mol. The molecular formula is C20H26ClN5O. The zero-order valence-electron chi connectivity index (χ0n) is 15.5. The summed E-state index contributed by atoms with van der Waals surface area (Å²) in [6.45, 7) is 4.24. The number of amides is 1. The van der Waals surface area contributed by atoms with Crippen LogP contribution in [0, 0.1) is 0 Å². The van der Waals surface area contributed by atoms with Gasteiger partial charge in [0.25, 0.3) is 0 Å². The number of benzene rings is 1. The van der Waals surface area contributed by atoms with Crippen LogP contribution in [0.5, 0.6) is 0 Å². The van der Waals surface area contributed by atoms with Gasteiger partial charge in [-0.3, -0.25) is 14.7 Å². The molecule has 0 atom stereocenters. The zero-order chi connectivity index (χ0) is 18.4. The largest absolute Gasteiger partial charge is 0.362 e. The lowest BCUT2D eigenvalue weighted by Gasteiger charge is -2.54. The average Bonchev–Trinajstić information content (AvgIpc) is 3.47. The highest BCUT2D eigenvalue weighted by atomic mass is 35.5. The van der Waals surface area contributed by atoms with Gasteiger partial charge in [0.1, 0.15) is 11.5 Å². The summed E-state index contributed by atoms with van der Waals surface area (Å²) >= 11 is 6.26. The summed E-state index contributed by atoms with van der Waals surface area (Å²) in [6, 6.07) is 6.47. The second-order valence-electron chi connectivity index (χ2n) is 8.17. The number of fused-ring (bicyclic) bond motifs is 4. The molecule has 1 aromatic carbocycles. The minimum Gasteiger partial charge on any atom is -0.362 e. The molecule has 3 aliphatic heterocycles. The number of nitrogens with one attached hydrogen (secondary N) is 2. The summed E-state index contributed by atoms with van der Waals surface area (Å²) in [7, 11) is 0. The molecular weight excluding hydrogens is 362 g/mol. The first kappa shape index (κ1) is 17.3. The molecule has 1 spiro atoms. The number of amidine groups is 1. The molecule has 1 amide bonds. The number of nitrogens with zero attached hydrogens (tertiary/aromatic N) is 3. The van der Waals surface area contributed by atoms with Crippen molar-refractivity contribution in [1.29, 1.82) is 0 Å². The summed E-state index contributed by atoms with van der Waals surface area (Å²) in [5.74, 6) is 1.27. The van der Waals surface area contributed by atoms with Crippen LogP contribution in [-0.4, -0.2) is 66.0 Å². The number of carbonyl (C=O) groups excluding carboxylic acids is 1. The van der Waals surface area contributed by atoms with E-state index in [1.54, 1.807) is 0 Å². The number of hydrogen-bond donors (Lipinski definition) is 2. The van der Waals surface area contributed by atoms with Gasteiger partial charge >= 0.3 is 0 Å². The van der Waals surface area contributed by atoms with Crippen molar-refractivity contribution in [3.63, 3.8) is 0 Å². The number of piperidine rings is 1. The quantitative estimate of drug-likeness (QED) is 0.835. The Hall–Kier alpha value is -1.79. The molecule has 1 aliphatic carbocycles. The first-order chi connectivity index (χ1) is 13.1. The van der Waals surface area contributed by atoms with Crippen LogP contribution in [0.4, 0.5) is 5.69 Å². The maximum absolute atomic E-state index is 12.1. The van der Waals surface area contributed by atoms with E-state index in [1.165, 1.54) is 0 Å². The Labute approximate surface area is 164 Å². The van der Waals surface area contributed by atoms with Crippen molar-refractivity contribution in [2.75, 3.05) is 38.0 Å². The Kier molecular flexibility index (Phi) is 4.28. The Morgan fingerprint density at radius 2 is 2.11 bits per heavy atom. The number of halogens is 1. The predicted octanol–water partition coefficient (Wildman–Crippen LogP) is 2.29. The third-order valence-electron chi connectivity index (χ3n) is 6.16. The van der Waals surface area contributed by atoms with E-state index in [0.29, 0.717) is 12.6 Å². The molecule has 27 heavy (non-hydrogen) atoms. The molecule has 0 aromatic heterocycles. The maximum Gasteiger partial charge on any atom is 0.234 e. The molecule has 1 aromatic rings. The van der Waals surface area contributed by atoms with Gasteiger partial charge in [-0.25, -0.2) is 0 Å². The van der Waals surface area contributed by atoms with Crippen molar-refractivity contribution in [3.8, 4) is 0 Å². The number of carbonyl (C=O) groups is 1. The van der Waals surface area contributed by atoms with Crippen LogP contribution in [-0.2, 0) is 4.79 Å². The Bertz CT molecular complexity index is 783. The predicted molar refractivity (Wildman–Crippen MR) is 107 cm³/mol. The summed E-state index contributed by atoms with van der Waals surface area (Å²) in [5, 5.41) is 7.64. The summed E-state index contributed by atoms with van der Waals surface area (Å²) in [6.07, 6.45) is 5.29. The van der Waals surface area contributed by atoms with Crippen LogP contribution >= 0.6 is 11.6 Å². The molecule has 3 heterocycles. The van der Waals surface area contributed by atoms with Gasteiger partial charge in [-0.1, -0.05) is 11.6 Å². The van der Waals surface area contributed by atoms with Gasteiger partial charge in [0.2, 0.25) is 5.91 Å². The smallest absolute Gasteiger partial charge is 0.234 e. The van der Waals surface area contributed by atoms with Crippen LogP contribution in [0.25, 0.3) is 0 Å². The number of aliphatic imine (C=N–C) groups is 1. The Morgan fingerprint density at radius 1 is 1.30 bits per heavy atom. The van der Waals surface area contributed by atoms with E-state index >= 15 is 0 Å². The molecule has 5 rings (SSSR count). The fraction of sp³-hybridized carbons (Fsp3) is 0.600. The van der Waals surface area contributed by atoms with Gasteiger partial charge in [0, 0.05) is 61.3 Å². The molecule has 1 saturated heterocycles. The normalized spacial score (nSPS) is 23.9. The van der Waals surface area contributed by atoms with Crippen LogP contribution < -0.4 is 10.6 Å². The van der Waals surface area contributed by atoms with E-state index < -0.39 is 0 Å². The van der Waals surface area contributed by atoms with Gasteiger partial charge in [0.05, 0.1) is 6.54 Å². The van der Waals surface area contributed by atoms with Gasteiger partial charge < -0.3 is 15.5 Å². The third kappa shape index (κ3) is 3.29. The molecule has 0 radical (unpaired) electrons. The lowest BCUT2D eigenvalue weighted by atomic mass is 9.89. The molecule has 6 nitrogen and oxygen atoms in total. The Balaban J connectivity index is 1.34. The van der Waals surface area contributed by atoms with Crippen molar-refractivity contribution >= 4 is 29.0 Å². The third-order valence-corrected chi connectivity index (χ3v) is 6.39. The van der Waals surface area contributed by atoms with Gasteiger partial charge in [-0.2, -0.15) is 0 Å². The van der Waals surface area contributed by atoms with Crippen molar-refractivity contribution < 1.29 is 4.79 Å².